The lowest BCUT2D eigenvalue weighted by atomic mass is 9.88. The SMILES string of the molecule is CCOC(=O)C(=O)N(CCOC)C1CCC2(SCCS2)c2[nH]c3ccccc3c21. The minimum absolute atomic E-state index is 0.00472. The van der Waals surface area contributed by atoms with Gasteiger partial charge in [-0.15, -0.1) is 23.5 Å². The van der Waals surface area contributed by atoms with E-state index in [0.717, 1.165) is 40.8 Å². The Hall–Kier alpha value is -1.64. The second-order valence-corrected chi connectivity index (χ2v) is 10.2. The average molecular weight is 435 g/mol. The lowest BCUT2D eigenvalue weighted by Crippen LogP contribution is -2.44. The molecule has 1 spiro atoms. The van der Waals surface area contributed by atoms with Crippen LogP contribution in [0.4, 0.5) is 0 Å². The van der Waals surface area contributed by atoms with E-state index in [-0.39, 0.29) is 16.7 Å². The topological polar surface area (TPSA) is 71.6 Å². The van der Waals surface area contributed by atoms with Gasteiger partial charge in [-0.25, -0.2) is 4.79 Å². The first-order valence-corrected chi connectivity index (χ1v) is 11.9. The summed E-state index contributed by atoms with van der Waals surface area (Å²) in [5.74, 6) is 0.862. The Labute approximate surface area is 179 Å². The zero-order valence-electron chi connectivity index (χ0n) is 16.7. The van der Waals surface area contributed by atoms with Gasteiger partial charge in [0.2, 0.25) is 0 Å². The fraction of sp³-hybridized carbons (Fsp3) is 0.524. The van der Waals surface area contributed by atoms with E-state index >= 15 is 0 Å². The number of hydrogen-bond acceptors (Lipinski definition) is 6. The summed E-state index contributed by atoms with van der Waals surface area (Å²) in [7, 11) is 1.60. The van der Waals surface area contributed by atoms with Gasteiger partial charge in [-0.3, -0.25) is 4.79 Å². The minimum Gasteiger partial charge on any atom is -0.459 e. The molecule has 2 heterocycles. The van der Waals surface area contributed by atoms with E-state index in [9.17, 15) is 9.59 Å². The molecular weight excluding hydrogens is 408 g/mol. The first-order valence-electron chi connectivity index (χ1n) is 9.97. The number of aromatic nitrogens is 1. The van der Waals surface area contributed by atoms with Gasteiger partial charge in [-0.2, -0.15) is 0 Å². The lowest BCUT2D eigenvalue weighted by Gasteiger charge is -2.40. The third-order valence-corrected chi connectivity index (χ3v) is 9.12. The summed E-state index contributed by atoms with van der Waals surface area (Å²) in [6.45, 7) is 2.61. The molecule has 2 aliphatic rings. The van der Waals surface area contributed by atoms with Crippen molar-refractivity contribution in [3.8, 4) is 0 Å². The van der Waals surface area contributed by atoms with Crippen LogP contribution in [0, 0.1) is 0 Å². The predicted octanol–water partition coefficient (Wildman–Crippen LogP) is 3.67. The number of hydrogen-bond donors (Lipinski definition) is 1. The van der Waals surface area contributed by atoms with Crippen LogP contribution in [0.1, 0.15) is 37.1 Å². The van der Waals surface area contributed by atoms with E-state index in [0.29, 0.717) is 13.2 Å². The molecule has 2 aromatic rings. The van der Waals surface area contributed by atoms with E-state index in [2.05, 4.69) is 17.1 Å². The van der Waals surface area contributed by atoms with Gasteiger partial charge in [0.15, 0.2) is 0 Å². The van der Waals surface area contributed by atoms with Gasteiger partial charge in [0, 0.05) is 47.3 Å². The molecule has 1 saturated heterocycles. The van der Waals surface area contributed by atoms with Crippen LogP contribution in [0.25, 0.3) is 10.9 Å². The van der Waals surface area contributed by atoms with Gasteiger partial charge >= 0.3 is 11.9 Å². The molecule has 29 heavy (non-hydrogen) atoms. The third-order valence-electron chi connectivity index (χ3n) is 5.58. The molecule has 1 aliphatic heterocycles. The van der Waals surface area contributed by atoms with Crippen molar-refractivity contribution in [2.45, 2.75) is 29.9 Å². The second-order valence-electron chi connectivity index (χ2n) is 7.18. The van der Waals surface area contributed by atoms with Gasteiger partial charge in [0.25, 0.3) is 0 Å². The number of nitrogens with zero attached hydrogens (tertiary/aromatic N) is 1. The van der Waals surface area contributed by atoms with Crippen molar-refractivity contribution in [3.63, 3.8) is 0 Å². The molecule has 1 aromatic heterocycles. The highest BCUT2D eigenvalue weighted by atomic mass is 32.2. The number of benzene rings is 1. The normalized spacial score (nSPS) is 20.0. The molecule has 6 nitrogen and oxygen atoms in total. The maximum atomic E-state index is 13.0. The van der Waals surface area contributed by atoms with Gasteiger partial charge in [0.05, 0.1) is 19.3 Å². The van der Waals surface area contributed by atoms with Crippen molar-refractivity contribution >= 4 is 46.3 Å². The van der Waals surface area contributed by atoms with Crippen LogP contribution in [-0.2, 0) is 23.1 Å². The first kappa shape index (κ1) is 20.6. The average Bonchev–Trinajstić information content (AvgIpc) is 3.36. The number of ether oxygens (including phenoxy) is 2. The molecule has 0 saturated carbocycles. The van der Waals surface area contributed by atoms with Crippen molar-refractivity contribution in [1.29, 1.82) is 0 Å². The molecular formula is C21H26N2O4S2. The van der Waals surface area contributed by atoms with Crippen LogP contribution in [0.3, 0.4) is 0 Å². The lowest BCUT2D eigenvalue weighted by molar-refractivity contribution is -0.161. The van der Waals surface area contributed by atoms with E-state index in [1.54, 1.807) is 18.9 Å². The second kappa shape index (κ2) is 8.62. The third kappa shape index (κ3) is 3.66. The Morgan fingerprint density at radius 1 is 1.28 bits per heavy atom. The van der Waals surface area contributed by atoms with Crippen molar-refractivity contribution in [1.82, 2.24) is 9.88 Å². The highest BCUT2D eigenvalue weighted by molar-refractivity contribution is 8.20. The molecule has 0 bridgehead atoms. The molecule has 1 aromatic carbocycles. The van der Waals surface area contributed by atoms with Crippen molar-refractivity contribution in [2.75, 3.05) is 38.4 Å². The van der Waals surface area contributed by atoms with Crippen LogP contribution in [0.5, 0.6) is 0 Å². The summed E-state index contributed by atoms with van der Waals surface area (Å²) < 4.78 is 10.3. The summed E-state index contributed by atoms with van der Waals surface area (Å²) >= 11 is 3.98. The highest BCUT2D eigenvalue weighted by Crippen LogP contribution is 2.60. The molecule has 1 unspecified atom stereocenters. The number of carbonyl (C=O) groups excluding carboxylic acids is 2. The minimum atomic E-state index is -0.796. The Morgan fingerprint density at radius 2 is 2.03 bits per heavy atom. The number of nitrogens with one attached hydrogen (secondary N) is 1. The Kier molecular flexibility index (Phi) is 6.13. The Balaban J connectivity index is 1.80. The summed E-state index contributed by atoms with van der Waals surface area (Å²) in [5, 5.41) is 1.12. The zero-order valence-corrected chi connectivity index (χ0v) is 18.4. The molecule has 1 N–H and O–H groups in total. The number of amides is 1. The summed E-state index contributed by atoms with van der Waals surface area (Å²) in [5.41, 5.74) is 3.41. The monoisotopic (exact) mass is 434 g/mol. The van der Waals surface area contributed by atoms with E-state index in [1.165, 1.54) is 5.69 Å². The van der Waals surface area contributed by atoms with Crippen LogP contribution < -0.4 is 0 Å². The van der Waals surface area contributed by atoms with Crippen molar-refractivity contribution in [2.24, 2.45) is 0 Å². The molecule has 0 radical (unpaired) electrons. The molecule has 156 valence electrons. The van der Waals surface area contributed by atoms with Gasteiger partial charge in [-0.05, 0) is 25.8 Å². The standard InChI is InChI=1S/C21H26N2O4S2/c1-3-27-20(25)19(24)23(10-11-26-2)16-8-9-21(28-12-13-29-21)18-17(16)14-6-4-5-7-15(14)22-18/h4-7,16,22H,3,8-13H2,1-2H3. The largest absolute Gasteiger partial charge is 0.459 e. The molecule has 4 rings (SSSR count). The number of thioether (sulfide) groups is 2. The van der Waals surface area contributed by atoms with E-state index in [4.69, 9.17) is 9.47 Å². The first-order chi connectivity index (χ1) is 14.1. The Morgan fingerprint density at radius 3 is 2.76 bits per heavy atom. The number of carbonyl (C=O) groups is 2. The van der Waals surface area contributed by atoms with Crippen LogP contribution in [0.2, 0.25) is 0 Å². The quantitative estimate of drug-likeness (QED) is 0.572. The highest BCUT2D eigenvalue weighted by Gasteiger charge is 2.48. The van der Waals surface area contributed by atoms with Gasteiger partial charge in [0.1, 0.15) is 4.08 Å². The zero-order chi connectivity index (χ0) is 20.4. The maximum absolute atomic E-state index is 13.0. The molecule has 1 fully saturated rings. The molecule has 1 amide bonds. The van der Waals surface area contributed by atoms with E-state index in [1.807, 2.05) is 35.7 Å². The molecule has 1 aliphatic carbocycles. The fourth-order valence-electron chi connectivity index (χ4n) is 4.36. The molecule has 1 atom stereocenters. The summed E-state index contributed by atoms with van der Waals surface area (Å²) in [6.07, 6.45) is 1.76. The predicted molar refractivity (Wildman–Crippen MR) is 117 cm³/mol. The number of methoxy groups -OCH3 is 1. The number of rotatable bonds is 5. The number of fused-ring (bicyclic) bond motifs is 4. The smallest absolute Gasteiger partial charge is 0.397 e. The van der Waals surface area contributed by atoms with E-state index < -0.39 is 11.9 Å². The number of esters is 1. The van der Waals surface area contributed by atoms with Crippen LogP contribution >= 0.6 is 23.5 Å². The number of aromatic amines is 1. The van der Waals surface area contributed by atoms with Crippen LogP contribution in [0.15, 0.2) is 24.3 Å². The number of H-pyrrole nitrogens is 1. The summed E-state index contributed by atoms with van der Waals surface area (Å²) in [4.78, 5) is 30.6. The van der Waals surface area contributed by atoms with Crippen molar-refractivity contribution in [3.05, 3.63) is 35.5 Å². The van der Waals surface area contributed by atoms with Gasteiger partial charge in [-0.1, -0.05) is 18.2 Å². The Bertz CT molecular complexity index is 907. The van der Waals surface area contributed by atoms with Gasteiger partial charge < -0.3 is 19.4 Å². The fourth-order valence-corrected chi connectivity index (χ4v) is 7.65. The van der Waals surface area contributed by atoms with Crippen molar-refractivity contribution < 1.29 is 19.1 Å². The summed E-state index contributed by atoms with van der Waals surface area (Å²) in [6, 6.07) is 8.05. The van der Waals surface area contributed by atoms with Crippen LogP contribution in [-0.4, -0.2) is 60.1 Å². The molecule has 8 heteroatoms. The maximum Gasteiger partial charge on any atom is 0.397 e. The number of para-hydroxylation sites is 1.